The molecule has 22 heavy (non-hydrogen) atoms. The van der Waals surface area contributed by atoms with E-state index < -0.39 is 6.10 Å². The first-order valence-corrected chi connectivity index (χ1v) is 8.13. The van der Waals surface area contributed by atoms with Crippen molar-refractivity contribution in [1.29, 1.82) is 0 Å². The van der Waals surface area contributed by atoms with Crippen molar-refractivity contribution >= 4 is 0 Å². The standard InChI is InChI=1S/C20H30O2/c1-15(12-14-21)8-11-19(22)17(3)9-10-18-16(2)7-6-13-20(18,4)5/h9-10,12,17,19,21-22H,6-7,13-14H2,1-5H3/b10-9+,15-12-/t17-,19+/m1/s1. The normalized spacial score (nSPS) is 21.5. The maximum Gasteiger partial charge on any atom is 0.121 e. The lowest BCUT2D eigenvalue weighted by molar-refractivity contribution is 0.194. The van der Waals surface area contributed by atoms with Crippen molar-refractivity contribution in [3.8, 4) is 11.8 Å². The smallest absolute Gasteiger partial charge is 0.121 e. The Morgan fingerprint density at radius 1 is 1.41 bits per heavy atom. The predicted molar refractivity (Wildman–Crippen MR) is 93.3 cm³/mol. The van der Waals surface area contributed by atoms with Gasteiger partial charge >= 0.3 is 0 Å². The third-order valence-electron chi connectivity index (χ3n) is 4.42. The van der Waals surface area contributed by atoms with Crippen LogP contribution >= 0.6 is 0 Å². The summed E-state index contributed by atoms with van der Waals surface area (Å²) in [5.74, 6) is 5.71. The number of aliphatic hydroxyl groups is 2. The van der Waals surface area contributed by atoms with Crippen LogP contribution in [0.2, 0.25) is 0 Å². The predicted octanol–water partition coefficient (Wildman–Crippen LogP) is 4.01. The number of rotatable bonds is 4. The molecule has 0 fully saturated rings. The second-order valence-corrected chi connectivity index (χ2v) is 6.93. The molecule has 2 atom stereocenters. The van der Waals surface area contributed by atoms with Crippen molar-refractivity contribution in [3.05, 3.63) is 34.9 Å². The molecular formula is C20H30O2. The molecule has 1 rings (SSSR count). The average Bonchev–Trinajstić information content (AvgIpc) is 2.43. The second-order valence-electron chi connectivity index (χ2n) is 6.93. The fourth-order valence-corrected chi connectivity index (χ4v) is 2.87. The zero-order valence-corrected chi connectivity index (χ0v) is 14.6. The van der Waals surface area contributed by atoms with Crippen LogP contribution < -0.4 is 0 Å². The van der Waals surface area contributed by atoms with Gasteiger partial charge in [-0.2, -0.15) is 0 Å². The summed E-state index contributed by atoms with van der Waals surface area (Å²) in [6.07, 6.45) is 8.84. The van der Waals surface area contributed by atoms with E-state index in [0.29, 0.717) is 0 Å². The first-order chi connectivity index (χ1) is 10.3. The molecule has 1 aliphatic rings. The lowest BCUT2D eigenvalue weighted by Gasteiger charge is -2.33. The molecule has 0 aliphatic heterocycles. The van der Waals surface area contributed by atoms with Crippen molar-refractivity contribution in [2.24, 2.45) is 11.3 Å². The van der Waals surface area contributed by atoms with Crippen molar-refractivity contribution in [3.63, 3.8) is 0 Å². The lowest BCUT2D eigenvalue weighted by Crippen LogP contribution is -2.20. The van der Waals surface area contributed by atoms with E-state index in [4.69, 9.17) is 5.11 Å². The van der Waals surface area contributed by atoms with Gasteiger partial charge in [-0.15, -0.1) is 0 Å². The van der Waals surface area contributed by atoms with Gasteiger partial charge < -0.3 is 10.2 Å². The second kappa shape index (κ2) is 8.36. The molecule has 0 unspecified atom stereocenters. The topological polar surface area (TPSA) is 40.5 Å². The molecule has 0 aromatic rings. The molecule has 2 nitrogen and oxygen atoms in total. The summed E-state index contributed by atoms with van der Waals surface area (Å²) in [7, 11) is 0. The third kappa shape index (κ3) is 5.48. The monoisotopic (exact) mass is 302 g/mol. The van der Waals surface area contributed by atoms with Crippen molar-refractivity contribution < 1.29 is 10.2 Å². The van der Waals surface area contributed by atoms with E-state index in [1.807, 2.05) is 13.8 Å². The molecule has 0 spiro atoms. The Morgan fingerprint density at radius 3 is 2.68 bits per heavy atom. The van der Waals surface area contributed by atoms with Crippen LogP contribution in [0.3, 0.4) is 0 Å². The first kappa shape index (κ1) is 18.7. The van der Waals surface area contributed by atoms with Gasteiger partial charge in [-0.25, -0.2) is 0 Å². The van der Waals surface area contributed by atoms with E-state index in [1.165, 1.54) is 30.4 Å². The molecule has 0 amide bonds. The zero-order valence-electron chi connectivity index (χ0n) is 14.6. The fourth-order valence-electron chi connectivity index (χ4n) is 2.87. The van der Waals surface area contributed by atoms with E-state index in [1.54, 1.807) is 6.08 Å². The SMILES string of the molecule is CC1=C(/C=C/[C@@H](C)[C@@H](O)C#C/C(C)=C\CO)C(C)(C)CCC1. The highest BCUT2D eigenvalue weighted by Crippen LogP contribution is 2.40. The molecule has 2 N–H and O–H groups in total. The van der Waals surface area contributed by atoms with E-state index in [0.717, 1.165) is 5.57 Å². The summed E-state index contributed by atoms with van der Waals surface area (Å²) in [6.45, 7) is 10.6. The summed E-state index contributed by atoms with van der Waals surface area (Å²) < 4.78 is 0. The number of aliphatic hydroxyl groups excluding tert-OH is 2. The average molecular weight is 302 g/mol. The van der Waals surface area contributed by atoms with Gasteiger partial charge in [-0.3, -0.25) is 0 Å². The highest BCUT2D eigenvalue weighted by atomic mass is 16.3. The highest BCUT2D eigenvalue weighted by molar-refractivity contribution is 5.33. The Morgan fingerprint density at radius 2 is 2.09 bits per heavy atom. The van der Waals surface area contributed by atoms with Crippen LogP contribution in [0.15, 0.2) is 34.9 Å². The highest BCUT2D eigenvalue weighted by Gasteiger charge is 2.26. The van der Waals surface area contributed by atoms with Gasteiger partial charge in [0.15, 0.2) is 0 Å². The summed E-state index contributed by atoms with van der Waals surface area (Å²) in [5.41, 5.74) is 3.86. The number of hydrogen-bond donors (Lipinski definition) is 2. The number of allylic oxidation sites excluding steroid dienone is 4. The Hall–Kier alpha value is -1.30. The maximum absolute atomic E-state index is 10.1. The molecule has 0 saturated carbocycles. The van der Waals surface area contributed by atoms with Gasteiger partial charge in [0.05, 0.1) is 6.61 Å². The maximum atomic E-state index is 10.1. The van der Waals surface area contributed by atoms with Gasteiger partial charge in [-0.1, -0.05) is 50.3 Å². The minimum Gasteiger partial charge on any atom is -0.392 e. The van der Waals surface area contributed by atoms with E-state index >= 15 is 0 Å². The summed E-state index contributed by atoms with van der Waals surface area (Å²) in [6, 6.07) is 0. The quantitative estimate of drug-likeness (QED) is 0.770. The van der Waals surface area contributed by atoms with Crippen LogP contribution in [-0.4, -0.2) is 22.9 Å². The Kier molecular flexibility index (Phi) is 7.13. The number of hydrogen-bond acceptors (Lipinski definition) is 2. The summed E-state index contributed by atoms with van der Waals surface area (Å²) in [4.78, 5) is 0. The molecular weight excluding hydrogens is 272 g/mol. The largest absolute Gasteiger partial charge is 0.392 e. The first-order valence-electron chi connectivity index (χ1n) is 8.13. The summed E-state index contributed by atoms with van der Waals surface area (Å²) in [5, 5.41) is 18.9. The minimum absolute atomic E-state index is 0.0193. The van der Waals surface area contributed by atoms with Gasteiger partial charge in [0, 0.05) is 5.92 Å². The molecule has 0 bridgehead atoms. The third-order valence-corrected chi connectivity index (χ3v) is 4.42. The Labute approximate surface area is 135 Å². The van der Waals surface area contributed by atoms with Crippen LogP contribution in [0.4, 0.5) is 0 Å². The van der Waals surface area contributed by atoms with Gasteiger partial charge in [0.2, 0.25) is 0 Å². The molecule has 0 aromatic carbocycles. The molecule has 1 aliphatic carbocycles. The zero-order chi connectivity index (χ0) is 16.8. The van der Waals surface area contributed by atoms with E-state index in [-0.39, 0.29) is 17.9 Å². The van der Waals surface area contributed by atoms with Crippen LogP contribution in [0.25, 0.3) is 0 Å². The molecule has 0 heterocycles. The Bertz CT molecular complexity index is 524. The van der Waals surface area contributed by atoms with E-state index in [9.17, 15) is 5.11 Å². The summed E-state index contributed by atoms with van der Waals surface area (Å²) >= 11 is 0. The van der Waals surface area contributed by atoms with Crippen molar-refractivity contribution in [2.45, 2.75) is 60.0 Å². The van der Waals surface area contributed by atoms with Gasteiger partial charge in [0.1, 0.15) is 6.10 Å². The van der Waals surface area contributed by atoms with Crippen molar-refractivity contribution in [1.82, 2.24) is 0 Å². The molecule has 122 valence electrons. The molecule has 0 radical (unpaired) electrons. The van der Waals surface area contributed by atoms with E-state index in [2.05, 4.69) is 44.8 Å². The van der Waals surface area contributed by atoms with Crippen LogP contribution in [-0.2, 0) is 0 Å². The van der Waals surface area contributed by atoms with Crippen LogP contribution in [0, 0.1) is 23.2 Å². The fraction of sp³-hybridized carbons (Fsp3) is 0.600. The minimum atomic E-state index is -0.689. The molecule has 0 aromatic heterocycles. The van der Waals surface area contributed by atoms with Gasteiger partial charge in [0.25, 0.3) is 0 Å². The lowest BCUT2D eigenvalue weighted by atomic mass is 9.72. The van der Waals surface area contributed by atoms with Crippen LogP contribution in [0.1, 0.15) is 53.9 Å². The molecule has 2 heteroatoms. The van der Waals surface area contributed by atoms with Crippen LogP contribution in [0.5, 0.6) is 0 Å². The van der Waals surface area contributed by atoms with Gasteiger partial charge in [-0.05, 0) is 55.7 Å². The Balaban J connectivity index is 2.79. The van der Waals surface area contributed by atoms with Crippen molar-refractivity contribution in [2.75, 3.05) is 6.61 Å². The molecule has 0 saturated heterocycles.